The van der Waals surface area contributed by atoms with Crippen LogP contribution in [0.15, 0.2) is 48.7 Å². The SMILES string of the molecule is Cc1ccc(-n2cc(-c3ccc(CN4CCN(C)CC4)cc3)nn2)cc1OC(F)(F)F. The molecule has 1 aromatic heterocycles. The number of hydrogen-bond donors (Lipinski definition) is 0. The highest BCUT2D eigenvalue weighted by molar-refractivity contribution is 5.59. The number of ether oxygens (including phenoxy) is 1. The number of hydrogen-bond acceptors (Lipinski definition) is 5. The normalized spacial score (nSPS) is 15.9. The predicted molar refractivity (Wildman–Crippen MR) is 111 cm³/mol. The molecular formula is C22H24F3N5O. The van der Waals surface area contributed by atoms with Gasteiger partial charge in [0.05, 0.1) is 11.9 Å². The first-order valence-corrected chi connectivity index (χ1v) is 10.1. The molecule has 0 amide bonds. The zero-order valence-electron chi connectivity index (χ0n) is 17.4. The second-order valence-electron chi connectivity index (χ2n) is 7.82. The number of piperazine rings is 1. The Balaban J connectivity index is 1.47. The van der Waals surface area contributed by atoms with Gasteiger partial charge >= 0.3 is 6.36 Å². The maximum Gasteiger partial charge on any atom is 0.573 e. The number of halogens is 3. The zero-order chi connectivity index (χ0) is 22.0. The summed E-state index contributed by atoms with van der Waals surface area (Å²) in [6.07, 6.45) is -3.06. The van der Waals surface area contributed by atoms with Crippen molar-refractivity contribution in [2.45, 2.75) is 19.8 Å². The standard InChI is InChI=1S/C22H24F3N5O/c1-16-3-8-19(13-21(16)31-22(23,24)25)30-15-20(26-27-30)18-6-4-17(5-7-18)14-29-11-9-28(2)10-12-29/h3-8,13,15H,9-12,14H2,1-2H3. The molecule has 4 rings (SSSR count). The fourth-order valence-corrected chi connectivity index (χ4v) is 3.53. The third kappa shape index (κ3) is 5.42. The smallest absolute Gasteiger partial charge is 0.405 e. The van der Waals surface area contributed by atoms with Gasteiger partial charge in [-0.15, -0.1) is 18.3 Å². The summed E-state index contributed by atoms with van der Waals surface area (Å²) in [5.74, 6) is -0.254. The average molecular weight is 431 g/mol. The molecule has 0 N–H and O–H groups in total. The molecule has 1 fully saturated rings. The molecule has 0 spiro atoms. The van der Waals surface area contributed by atoms with E-state index in [4.69, 9.17) is 0 Å². The van der Waals surface area contributed by atoms with Crippen molar-refractivity contribution in [3.05, 3.63) is 59.8 Å². The van der Waals surface area contributed by atoms with E-state index in [0.717, 1.165) is 38.3 Å². The van der Waals surface area contributed by atoms with Crippen molar-refractivity contribution in [2.75, 3.05) is 33.2 Å². The Bertz CT molecular complexity index is 1020. The highest BCUT2D eigenvalue weighted by Crippen LogP contribution is 2.28. The monoisotopic (exact) mass is 431 g/mol. The second kappa shape index (κ2) is 8.68. The first-order chi connectivity index (χ1) is 14.8. The van der Waals surface area contributed by atoms with Crippen molar-refractivity contribution in [1.29, 1.82) is 0 Å². The van der Waals surface area contributed by atoms with E-state index < -0.39 is 6.36 Å². The van der Waals surface area contributed by atoms with Crippen LogP contribution in [0.5, 0.6) is 5.75 Å². The second-order valence-corrected chi connectivity index (χ2v) is 7.82. The molecule has 2 aromatic carbocycles. The topological polar surface area (TPSA) is 46.4 Å². The molecule has 0 atom stereocenters. The molecule has 0 unspecified atom stereocenters. The molecule has 1 aliphatic heterocycles. The summed E-state index contributed by atoms with van der Waals surface area (Å²) < 4.78 is 43.4. The Morgan fingerprint density at radius 3 is 2.39 bits per heavy atom. The molecule has 0 bridgehead atoms. The van der Waals surface area contributed by atoms with Gasteiger partial charge in [-0.2, -0.15) is 0 Å². The molecule has 0 aliphatic carbocycles. The number of aryl methyl sites for hydroxylation is 1. The Kier molecular flexibility index (Phi) is 5.97. The van der Waals surface area contributed by atoms with E-state index in [1.165, 1.54) is 16.3 Å². The Hall–Kier alpha value is -2.91. The summed E-state index contributed by atoms with van der Waals surface area (Å²) in [7, 11) is 2.14. The average Bonchev–Trinajstić information content (AvgIpc) is 3.21. The van der Waals surface area contributed by atoms with E-state index in [-0.39, 0.29) is 5.75 Å². The van der Waals surface area contributed by atoms with Gasteiger partial charge in [0.2, 0.25) is 0 Å². The molecule has 0 radical (unpaired) electrons. The van der Waals surface area contributed by atoms with Crippen LogP contribution in [0.3, 0.4) is 0 Å². The van der Waals surface area contributed by atoms with Crippen LogP contribution in [-0.4, -0.2) is 64.4 Å². The minimum atomic E-state index is -4.75. The van der Waals surface area contributed by atoms with Crippen molar-refractivity contribution in [3.8, 4) is 22.7 Å². The lowest BCUT2D eigenvalue weighted by atomic mass is 10.1. The van der Waals surface area contributed by atoms with Crippen LogP contribution in [0.2, 0.25) is 0 Å². The maximum atomic E-state index is 12.6. The molecule has 1 saturated heterocycles. The van der Waals surface area contributed by atoms with Crippen molar-refractivity contribution in [2.24, 2.45) is 0 Å². The van der Waals surface area contributed by atoms with Crippen molar-refractivity contribution < 1.29 is 17.9 Å². The van der Waals surface area contributed by atoms with Crippen molar-refractivity contribution in [3.63, 3.8) is 0 Å². The van der Waals surface area contributed by atoms with E-state index >= 15 is 0 Å². The van der Waals surface area contributed by atoms with Crippen LogP contribution in [0.4, 0.5) is 13.2 Å². The lowest BCUT2D eigenvalue weighted by Gasteiger charge is -2.32. The number of aromatic nitrogens is 3. The summed E-state index contributed by atoms with van der Waals surface area (Å²) in [4.78, 5) is 4.76. The number of alkyl halides is 3. The van der Waals surface area contributed by atoms with Gasteiger partial charge in [-0.25, -0.2) is 4.68 Å². The van der Waals surface area contributed by atoms with E-state index in [0.29, 0.717) is 16.9 Å². The first kappa shape index (κ1) is 21.3. The molecule has 2 heterocycles. The third-order valence-corrected chi connectivity index (χ3v) is 5.41. The van der Waals surface area contributed by atoms with Gasteiger partial charge in [0.1, 0.15) is 11.4 Å². The number of benzene rings is 2. The Labute approximate surface area is 178 Å². The van der Waals surface area contributed by atoms with Gasteiger partial charge in [-0.3, -0.25) is 4.90 Å². The lowest BCUT2D eigenvalue weighted by molar-refractivity contribution is -0.274. The highest BCUT2D eigenvalue weighted by Gasteiger charge is 2.32. The Morgan fingerprint density at radius 2 is 1.71 bits per heavy atom. The van der Waals surface area contributed by atoms with E-state index in [9.17, 15) is 13.2 Å². The number of likely N-dealkylation sites (N-methyl/N-ethyl adjacent to an activating group) is 1. The predicted octanol–water partition coefficient (Wildman–Crippen LogP) is 3.89. The van der Waals surface area contributed by atoms with Gasteiger partial charge in [0.25, 0.3) is 0 Å². The highest BCUT2D eigenvalue weighted by atomic mass is 19.4. The van der Waals surface area contributed by atoms with Crippen molar-refractivity contribution in [1.82, 2.24) is 24.8 Å². The van der Waals surface area contributed by atoms with Gasteiger partial charge in [0, 0.05) is 44.4 Å². The summed E-state index contributed by atoms with van der Waals surface area (Å²) in [6, 6.07) is 12.7. The molecular weight excluding hydrogens is 407 g/mol. The third-order valence-electron chi connectivity index (χ3n) is 5.41. The summed E-state index contributed by atoms with van der Waals surface area (Å²) in [5.41, 5.74) is 3.60. The molecule has 3 aromatic rings. The van der Waals surface area contributed by atoms with Crippen LogP contribution in [-0.2, 0) is 6.54 Å². The van der Waals surface area contributed by atoms with Gasteiger partial charge in [0.15, 0.2) is 0 Å². The van der Waals surface area contributed by atoms with Gasteiger partial charge in [-0.1, -0.05) is 35.5 Å². The molecule has 9 heteroatoms. The summed E-state index contributed by atoms with van der Waals surface area (Å²) in [6.45, 7) is 6.74. The maximum absolute atomic E-state index is 12.6. The minimum absolute atomic E-state index is 0.254. The van der Waals surface area contributed by atoms with Gasteiger partial charge < -0.3 is 9.64 Å². The van der Waals surface area contributed by atoms with Crippen LogP contribution in [0, 0.1) is 6.92 Å². The fourth-order valence-electron chi connectivity index (χ4n) is 3.53. The van der Waals surface area contributed by atoms with Crippen LogP contribution >= 0.6 is 0 Å². The fraction of sp³-hybridized carbons (Fsp3) is 0.364. The summed E-state index contributed by atoms with van der Waals surface area (Å²) in [5, 5.41) is 8.25. The molecule has 0 saturated carbocycles. The van der Waals surface area contributed by atoms with Crippen LogP contribution in [0.25, 0.3) is 16.9 Å². The lowest BCUT2D eigenvalue weighted by Crippen LogP contribution is -2.43. The first-order valence-electron chi connectivity index (χ1n) is 10.1. The number of rotatable bonds is 5. The van der Waals surface area contributed by atoms with Crippen LogP contribution < -0.4 is 4.74 Å². The molecule has 31 heavy (non-hydrogen) atoms. The van der Waals surface area contributed by atoms with Gasteiger partial charge in [-0.05, 0) is 31.2 Å². The van der Waals surface area contributed by atoms with E-state index in [1.54, 1.807) is 25.3 Å². The molecule has 6 nitrogen and oxygen atoms in total. The minimum Gasteiger partial charge on any atom is -0.405 e. The quantitative estimate of drug-likeness (QED) is 0.614. The zero-order valence-corrected chi connectivity index (χ0v) is 17.4. The van der Waals surface area contributed by atoms with E-state index in [1.807, 2.05) is 12.1 Å². The molecule has 164 valence electrons. The summed E-state index contributed by atoms with van der Waals surface area (Å²) >= 11 is 0. The van der Waals surface area contributed by atoms with Crippen LogP contribution in [0.1, 0.15) is 11.1 Å². The Morgan fingerprint density at radius 1 is 1.00 bits per heavy atom. The van der Waals surface area contributed by atoms with E-state index in [2.05, 4.69) is 44.0 Å². The molecule has 1 aliphatic rings. The number of nitrogens with zero attached hydrogens (tertiary/aromatic N) is 5. The largest absolute Gasteiger partial charge is 0.573 e. The van der Waals surface area contributed by atoms with Crippen molar-refractivity contribution >= 4 is 0 Å².